The van der Waals surface area contributed by atoms with E-state index in [1.807, 2.05) is 36.7 Å². The first kappa shape index (κ1) is 14.5. The summed E-state index contributed by atoms with van der Waals surface area (Å²) < 4.78 is 5.58. The maximum Gasteiger partial charge on any atom is 0.119 e. The van der Waals surface area contributed by atoms with Crippen LogP contribution in [0.15, 0.2) is 48.8 Å². The van der Waals surface area contributed by atoms with E-state index in [0.717, 1.165) is 25.3 Å². The zero-order valence-corrected chi connectivity index (χ0v) is 12.2. The normalized spacial score (nSPS) is 12.1. The molecule has 0 aliphatic rings. The number of pyridine rings is 1. The molecule has 0 saturated heterocycles. The van der Waals surface area contributed by atoms with Gasteiger partial charge < -0.3 is 10.1 Å². The third-order valence-electron chi connectivity index (χ3n) is 3.21. The summed E-state index contributed by atoms with van der Waals surface area (Å²) in [7, 11) is 0. The molecular formula is C17H22N2O. The molecule has 2 rings (SSSR count). The zero-order valence-electron chi connectivity index (χ0n) is 12.2. The molecule has 1 unspecified atom stereocenters. The maximum atomic E-state index is 5.58. The lowest BCUT2D eigenvalue weighted by Crippen LogP contribution is -2.18. The van der Waals surface area contributed by atoms with Crippen LogP contribution in [0.25, 0.3) is 0 Å². The van der Waals surface area contributed by atoms with E-state index in [0.29, 0.717) is 6.04 Å². The van der Waals surface area contributed by atoms with Crippen LogP contribution in [0.4, 0.5) is 0 Å². The molecular weight excluding hydrogens is 248 g/mol. The Morgan fingerprint density at radius 1 is 1.10 bits per heavy atom. The summed E-state index contributed by atoms with van der Waals surface area (Å²) in [5.41, 5.74) is 2.51. The molecule has 1 heterocycles. The van der Waals surface area contributed by atoms with Crippen LogP contribution in [0.3, 0.4) is 0 Å². The summed E-state index contributed by atoms with van der Waals surface area (Å²) in [5, 5.41) is 3.51. The molecule has 0 radical (unpaired) electrons. The van der Waals surface area contributed by atoms with Crippen molar-refractivity contribution < 1.29 is 4.74 Å². The Hall–Kier alpha value is -1.87. The highest BCUT2D eigenvalue weighted by atomic mass is 16.5. The second-order valence-corrected chi connectivity index (χ2v) is 4.88. The van der Waals surface area contributed by atoms with Gasteiger partial charge in [0.05, 0.1) is 6.61 Å². The molecule has 0 saturated carbocycles. The summed E-state index contributed by atoms with van der Waals surface area (Å²) >= 11 is 0. The fourth-order valence-corrected chi connectivity index (χ4v) is 1.96. The molecule has 1 aromatic carbocycles. The van der Waals surface area contributed by atoms with Crippen molar-refractivity contribution >= 4 is 0 Å². The van der Waals surface area contributed by atoms with Gasteiger partial charge in [0.25, 0.3) is 0 Å². The predicted octanol–water partition coefficient (Wildman–Crippen LogP) is 3.72. The third kappa shape index (κ3) is 4.35. The third-order valence-corrected chi connectivity index (χ3v) is 3.21. The van der Waals surface area contributed by atoms with Crippen molar-refractivity contribution in [1.29, 1.82) is 0 Å². The first-order valence-electron chi connectivity index (χ1n) is 7.14. The average molecular weight is 270 g/mol. The molecule has 106 valence electrons. The van der Waals surface area contributed by atoms with Crippen LogP contribution in [0, 0.1) is 0 Å². The van der Waals surface area contributed by atoms with Gasteiger partial charge in [-0.25, -0.2) is 0 Å². The van der Waals surface area contributed by atoms with Crippen molar-refractivity contribution in [1.82, 2.24) is 10.3 Å². The minimum Gasteiger partial charge on any atom is -0.494 e. The van der Waals surface area contributed by atoms with Crippen LogP contribution in [0.2, 0.25) is 0 Å². The lowest BCUT2D eigenvalue weighted by Gasteiger charge is -2.14. The standard InChI is InChI=1S/C17H22N2O/c1-3-12-20-17-6-4-15(5-7-17)13-19-14(2)16-8-10-18-11-9-16/h4-11,14,19H,3,12-13H2,1-2H3. The fraction of sp³-hybridized carbons (Fsp3) is 0.353. The van der Waals surface area contributed by atoms with Crippen LogP contribution in [-0.2, 0) is 6.54 Å². The molecule has 1 N–H and O–H groups in total. The van der Waals surface area contributed by atoms with E-state index in [4.69, 9.17) is 4.74 Å². The number of rotatable bonds is 7. The van der Waals surface area contributed by atoms with Gasteiger partial charge in [-0.05, 0) is 48.7 Å². The first-order chi connectivity index (χ1) is 9.79. The van der Waals surface area contributed by atoms with Crippen molar-refractivity contribution in [2.75, 3.05) is 6.61 Å². The van der Waals surface area contributed by atoms with Crippen LogP contribution >= 0.6 is 0 Å². The monoisotopic (exact) mass is 270 g/mol. The highest BCUT2D eigenvalue weighted by Gasteiger charge is 2.04. The summed E-state index contributed by atoms with van der Waals surface area (Å²) in [4.78, 5) is 4.04. The highest BCUT2D eigenvalue weighted by Crippen LogP contribution is 2.14. The fourth-order valence-electron chi connectivity index (χ4n) is 1.96. The minimum absolute atomic E-state index is 0.314. The summed E-state index contributed by atoms with van der Waals surface area (Å²) in [5.74, 6) is 0.942. The Kier molecular flexibility index (Phi) is 5.56. The number of aromatic nitrogens is 1. The first-order valence-corrected chi connectivity index (χ1v) is 7.14. The number of hydrogen-bond acceptors (Lipinski definition) is 3. The van der Waals surface area contributed by atoms with Crippen molar-refractivity contribution in [3.8, 4) is 5.75 Å². The molecule has 0 aliphatic heterocycles. The second kappa shape index (κ2) is 7.65. The maximum absolute atomic E-state index is 5.58. The van der Waals surface area contributed by atoms with E-state index >= 15 is 0 Å². The van der Waals surface area contributed by atoms with Gasteiger partial charge in [0.15, 0.2) is 0 Å². The number of benzene rings is 1. The van der Waals surface area contributed by atoms with Crippen LogP contribution in [0.1, 0.15) is 37.4 Å². The number of ether oxygens (including phenoxy) is 1. The smallest absolute Gasteiger partial charge is 0.119 e. The summed E-state index contributed by atoms with van der Waals surface area (Å²) in [6.07, 6.45) is 4.69. The molecule has 20 heavy (non-hydrogen) atoms. The van der Waals surface area contributed by atoms with Gasteiger partial charge in [0, 0.05) is 25.0 Å². The van der Waals surface area contributed by atoms with E-state index in [9.17, 15) is 0 Å². The molecule has 3 nitrogen and oxygen atoms in total. The molecule has 0 amide bonds. The highest BCUT2D eigenvalue weighted by molar-refractivity contribution is 5.27. The molecule has 1 aromatic heterocycles. The van der Waals surface area contributed by atoms with Crippen LogP contribution in [0.5, 0.6) is 5.75 Å². The lowest BCUT2D eigenvalue weighted by atomic mass is 10.1. The number of nitrogens with one attached hydrogen (secondary N) is 1. The number of nitrogens with zero attached hydrogens (tertiary/aromatic N) is 1. The molecule has 0 bridgehead atoms. The zero-order chi connectivity index (χ0) is 14.2. The van der Waals surface area contributed by atoms with Gasteiger partial charge in [-0.15, -0.1) is 0 Å². The van der Waals surface area contributed by atoms with Crippen LogP contribution < -0.4 is 10.1 Å². The van der Waals surface area contributed by atoms with Crippen molar-refractivity contribution in [2.24, 2.45) is 0 Å². The Balaban J connectivity index is 1.84. The molecule has 1 atom stereocenters. The topological polar surface area (TPSA) is 34.1 Å². The molecule has 3 heteroatoms. The Morgan fingerprint density at radius 3 is 2.45 bits per heavy atom. The SMILES string of the molecule is CCCOc1ccc(CNC(C)c2ccncc2)cc1. The second-order valence-electron chi connectivity index (χ2n) is 4.88. The summed E-state index contributed by atoms with van der Waals surface area (Å²) in [6.45, 7) is 5.89. The molecule has 0 spiro atoms. The Labute approximate surface area is 121 Å². The van der Waals surface area contributed by atoms with Crippen molar-refractivity contribution in [3.63, 3.8) is 0 Å². The molecule has 0 fully saturated rings. The van der Waals surface area contributed by atoms with Gasteiger partial charge in [0.1, 0.15) is 5.75 Å². The van der Waals surface area contributed by atoms with Crippen molar-refractivity contribution in [2.45, 2.75) is 32.9 Å². The Morgan fingerprint density at radius 2 is 1.80 bits per heavy atom. The predicted molar refractivity (Wildman–Crippen MR) is 81.7 cm³/mol. The van der Waals surface area contributed by atoms with E-state index in [1.165, 1.54) is 11.1 Å². The van der Waals surface area contributed by atoms with Gasteiger partial charge in [-0.2, -0.15) is 0 Å². The number of hydrogen-bond donors (Lipinski definition) is 1. The van der Waals surface area contributed by atoms with Crippen molar-refractivity contribution in [3.05, 3.63) is 59.9 Å². The Bertz CT molecular complexity index is 496. The minimum atomic E-state index is 0.314. The molecule has 0 aliphatic carbocycles. The largest absolute Gasteiger partial charge is 0.494 e. The quantitative estimate of drug-likeness (QED) is 0.832. The van der Waals surface area contributed by atoms with Crippen LogP contribution in [-0.4, -0.2) is 11.6 Å². The lowest BCUT2D eigenvalue weighted by molar-refractivity contribution is 0.317. The van der Waals surface area contributed by atoms with E-state index in [1.54, 1.807) is 0 Å². The van der Waals surface area contributed by atoms with E-state index < -0.39 is 0 Å². The van der Waals surface area contributed by atoms with Gasteiger partial charge in [0.2, 0.25) is 0 Å². The molecule has 2 aromatic rings. The van der Waals surface area contributed by atoms with Gasteiger partial charge in [-0.3, -0.25) is 4.98 Å². The summed E-state index contributed by atoms with van der Waals surface area (Å²) in [6, 6.07) is 12.7. The van der Waals surface area contributed by atoms with E-state index in [-0.39, 0.29) is 0 Å². The van der Waals surface area contributed by atoms with Gasteiger partial charge in [-0.1, -0.05) is 19.1 Å². The average Bonchev–Trinajstić information content (AvgIpc) is 2.52. The van der Waals surface area contributed by atoms with Gasteiger partial charge >= 0.3 is 0 Å². The van der Waals surface area contributed by atoms with E-state index in [2.05, 4.69) is 36.3 Å².